The van der Waals surface area contributed by atoms with Gasteiger partial charge in [-0.25, -0.2) is 9.37 Å². The van der Waals surface area contributed by atoms with Gasteiger partial charge in [0.05, 0.1) is 0 Å². The van der Waals surface area contributed by atoms with Crippen molar-refractivity contribution in [2.45, 2.75) is 46.1 Å². The van der Waals surface area contributed by atoms with E-state index < -0.39 is 0 Å². The molecule has 0 aliphatic carbocycles. The molecule has 1 heterocycles. The van der Waals surface area contributed by atoms with E-state index in [-0.39, 0.29) is 11.7 Å². The highest BCUT2D eigenvalue weighted by Gasteiger charge is 2.20. The molecule has 5 heteroatoms. The van der Waals surface area contributed by atoms with Crippen LogP contribution in [-0.4, -0.2) is 9.55 Å². The lowest BCUT2D eigenvalue weighted by molar-refractivity contribution is 0.588. The molecule has 0 aliphatic heterocycles. The predicted octanol–water partition coefficient (Wildman–Crippen LogP) is 4.96. The Hall–Kier alpha value is -1.36. The van der Waals surface area contributed by atoms with Crippen molar-refractivity contribution in [2.24, 2.45) is 0 Å². The number of imidazole rings is 1. The van der Waals surface area contributed by atoms with E-state index in [0.29, 0.717) is 21.5 Å². The smallest absolute Gasteiger partial charge is 0.133 e. The quantitative estimate of drug-likeness (QED) is 0.825. The molecule has 3 nitrogen and oxygen atoms in total. The molecule has 1 aromatic carbocycles. The molecule has 0 aliphatic rings. The number of benzene rings is 1. The van der Waals surface area contributed by atoms with Crippen LogP contribution in [0.1, 0.15) is 45.4 Å². The monoisotopic (exact) mass is 353 g/mol. The second-order valence-corrected chi connectivity index (χ2v) is 6.40. The zero-order valence-corrected chi connectivity index (χ0v) is 14.2. The summed E-state index contributed by atoms with van der Waals surface area (Å²) in [5, 5.41) is 0. The molecule has 0 fully saturated rings. The first kappa shape index (κ1) is 16.0. The average molecular weight is 354 g/mol. The van der Waals surface area contributed by atoms with Gasteiger partial charge in [-0.05, 0) is 24.6 Å². The van der Waals surface area contributed by atoms with Crippen LogP contribution in [-0.2, 0) is 6.54 Å². The van der Waals surface area contributed by atoms with Crippen LogP contribution < -0.4 is 5.73 Å². The lowest BCUT2D eigenvalue weighted by Gasteiger charge is -2.11. The van der Waals surface area contributed by atoms with Crippen molar-refractivity contribution in [3.05, 3.63) is 34.3 Å². The zero-order chi connectivity index (χ0) is 15.6. The van der Waals surface area contributed by atoms with Gasteiger partial charge in [0.2, 0.25) is 0 Å². The normalized spacial score (nSPS) is 11.3. The van der Waals surface area contributed by atoms with E-state index in [1.807, 2.05) is 4.57 Å². The van der Waals surface area contributed by atoms with Crippen molar-refractivity contribution in [3.63, 3.8) is 0 Å². The minimum absolute atomic E-state index is 0.247. The van der Waals surface area contributed by atoms with Gasteiger partial charge >= 0.3 is 0 Å². The highest BCUT2D eigenvalue weighted by atomic mass is 79.9. The Morgan fingerprint density at radius 1 is 1.38 bits per heavy atom. The Morgan fingerprint density at radius 2 is 2.10 bits per heavy atom. The fourth-order valence-electron chi connectivity index (χ4n) is 2.36. The first-order valence-electron chi connectivity index (χ1n) is 7.27. The van der Waals surface area contributed by atoms with Gasteiger partial charge in [-0.1, -0.05) is 43.1 Å². The van der Waals surface area contributed by atoms with E-state index in [1.165, 1.54) is 6.07 Å². The molecule has 0 saturated carbocycles. The third-order valence-electron chi connectivity index (χ3n) is 3.47. The molecule has 2 N–H and O–H groups in total. The molecule has 2 rings (SSSR count). The van der Waals surface area contributed by atoms with E-state index in [2.05, 4.69) is 41.7 Å². The van der Waals surface area contributed by atoms with Crippen LogP contribution in [0.15, 0.2) is 22.7 Å². The van der Waals surface area contributed by atoms with Crippen molar-refractivity contribution in [3.8, 4) is 11.3 Å². The molecule has 0 saturated heterocycles. The van der Waals surface area contributed by atoms with Crippen molar-refractivity contribution in [1.29, 1.82) is 0 Å². The SMILES string of the molecule is CCCCn1c(C(C)C)nc(-c2ccc(Br)cc2F)c1N. The van der Waals surface area contributed by atoms with Gasteiger partial charge in [0.25, 0.3) is 0 Å². The molecule has 114 valence electrons. The molecular formula is C16H21BrFN3. The molecule has 0 atom stereocenters. The molecule has 0 unspecified atom stereocenters. The van der Waals surface area contributed by atoms with Gasteiger partial charge in [-0.2, -0.15) is 0 Å². The number of anilines is 1. The van der Waals surface area contributed by atoms with Crippen molar-refractivity contribution in [2.75, 3.05) is 5.73 Å². The molecule has 21 heavy (non-hydrogen) atoms. The second kappa shape index (κ2) is 6.60. The van der Waals surface area contributed by atoms with Crippen molar-refractivity contribution in [1.82, 2.24) is 9.55 Å². The van der Waals surface area contributed by atoms with Gasteiger partial charge in [0.15, 0.2) is 0 Å². The Kier molecular flexibility index (Phi) is 5.04. The number of nitrogen functional groups attached to an aromatic ring is 1. The van der Waals surface area contributed by atoms with E-state index >= 15 is 0 Å². The minimum atomic E-state index is -0.313. The van der Waals surface area contributed by atoms with Crippen LogP contribution >= 0.6 is 15.9 Å². The Morgan fingerprint density at radius 3 is 2.67 bits per heavy atom. The number of halogens is 2. The Balaban J connectivity index is 2.54. The largest absolute Gasteiger partial charge is 0.383 e. The van der Waals surface area contributed by atoms with Crippen molar-refractivity contribution < 1.29 is 4.39 Å². The molecule has 0 amide bonds. The van der Waals surface area contributed by atoms with Gasteiger partial charge in [-0.15, -0.1) is 0 Å². The summed E-state index contributed by atoms with van der Waals surface area (Å²) in [7, 11) is 0. The van der Waals surface area contributed by atoms with E-state index in [9.17, 15) is 4.39 Å². The number of rotatable bonds is 5. The number of nitrogens with zero attached hydrogens (tertiary/aromatic N) is 2. The first-order valence-corrected chi connectivity index (χ1v) is 8.06. The van der Waals surface area contributed by atoms with Crippen LogP contribution in [0.4, 0.5) is 10.2 Å². The number of aromatic nitrogens is 2. The average Bonchev–Trinajstić information content (AvgIpc) is 2.74. The fraction of sp³-hybridized carbons (Fsp3) is 0.438. The number of nitrogens with two attached hydrogens (primary N) is 1. The van der Waals surface area contributed by atoms with E-state index in [4.69, 9.17) is 5.73 Å². The van der Waals surface area contributed by atoms with Crippen LogP contribution in [0.5, 0.6) is 0 Å². The standard InChI is InChI=1S/C16H21BrFN3/c1-4-5-8-21-15(19)14(20-16(21)10(2)3)12-7-6-11(17)9-13(12)18/h6-7,9-10H,4-5,8,19H2,1-3H3. The predicted molar refractivity (Wildman–Crippen MR) is 88.7 cm³/mol. The minimum Gasteiger partial charge on any atom is -0.383 e. The summed E-state index contributed by atoms with van der Waals surface area (Å²) in [6.45, 7) is 7.11. The van der Waals surface area contributed by atoms with Crippen molar-refractivity contribution >= 4 is 21.7 Å². The third-order valence-corrected chi connectivity index (χ3v) is 3.97. The van der Waals surface area contributed by atoms with Gasteiger partial charge in [-0.3, -0.25) is 0 Å². The van der Waals surface area contributed by atoms with Gasteiger partial charge < -0.3 is 10.3 Å². The van der Waals surface area contributed by atoms with Crippen LogP contribution in [0.25, 0.3) is 11.3 Å². The lowest BCUT2D eigenvalue weighted by Crippen LogP contribution is -2.08. The maximum Gasteiger partial charge on any atom is 0.133 e. The summed E-state index contributed by atoms with van der Waals surface area (Å²) < 4.78 is 16.9. The summed E-state index contributed by atoms with van der Waals surface area (Å²) in [6.07, 6.45) is 2.11. The maximum atomic E-state index is 14.2. The maximum absolute atomic E-state index is 14.2. The van der Waals surface area contributed by atoms with Crippen LogP contribution in [0.3, 0.4) is 0 Å². The van der Waals surface area contributed by atoms with Crippen LogP contribution in [0, 0.1) is 5.82 Å². The summed E-state index contributed by atoms with van der Waals surface area (Å²) in [4.78, 5) is 4.61. The summed E-state index contributed by atoms with van der Waals surface area (Å²) in [5.41, 5.74) is 7.24. The third kappa shape index (κ3) is 3.28. The second-order valence-electron chi connectivity index (χ2n) is 5.49. The summed E-state index contributed by atoms with van der Waals surface area (Å²) >= 11 is 3.27. The number of hydrogen-bond acceptors (Lipinski definition) is 2. The molecule has 0 radical (unpaired) electrons. The van der Waals surface area contributed by atoms with E-state index in [0.717, 1.165) is 25.2 Å². The zero-order valence-electron chi connectivity index (χ0n) is 12.7. The van der Waals surface area contributed by atoms with E-state index in [1.54, 1.807) is 12.1 Å². The molecule has 2 aromatic rings. The highest BCUT2D eigenvalue weighted by Crippen LogP contribution is 2.32. The molecule has 1 aromatic heterocycles. The first-order chi connectivity index (χ1) is 9.95. The lowest BCUT2D eigenvalue weighted by atomic mass is 10.1. The summed E-state index contributed by atoms with van der Waals surface area (Å²) in [6, 6.07) is 4.96. The Bertz CT molecular complexity index is 635. The van der Waals surface area contributed by atoms with Gasteiger partial charge in [0.1, 0.15) is 23.2 Å². The number of hydrogen-bond donors (Lipinski definition) is 1. The molecule has 0 spiro atoms. The molecular weight excluding hydrogens is 333 g/mol. The fourth-order valence-corrected chi connectivity index (χ4v) is 2.69. The topological polar surface area (TPSA) is 43.8 Å². The number of unbranched alkanes of at least 4 members (excludes halogenated alkanes) is 1. The highest BCUT2D eigenvalue weighted by molar-refractivity contribution is 9.10. The van der Waals surface area contributed by atoms with Crippen LogP contribution in [0.2, 0.25) is 0 Å². The summed E-state index contributed by atoms with van der Waals surface area (Å²) in [5.74, 6) is 1.40. The Labute approximate surface area is 133 Å². The van der Waals surface area contributed by atoms with Gasteiger partial charge in [0, 0.05) is 22.5 Å². The molecule has 0 bridgehead atoms.